The molecule has 0 saturated heterocycles. The van der Waals surface area contributed by atoms with Crippen molar-refractivity contribution in [2.45, 2.75) is 64.1 Å². The minimum atomic E-state index is -1.15. The summed E-state index contributed by atoms with van der Waals surface area (Å²) in [4.78, 5) is 11.3. The van der Waals surface area contributed by atoms with E-state index >= 15 is 0 Å². The molecule has 0 aromatic rings. The van der Waals surface area contributed by atoms with Crippen LogP contribution in [0.25, 0.3) is 0 Å². The highest BCUT2D eigenvalue weighted by Crippen LogP contribution is 2.10. The highest BCUT2D eigenvalue weighted by Gasteiger charge is 2.07. The molecule has 0 heterocycles. The van der Waals surface area contributed by atoms with Gasteiger partial charge in [-0.25, -0.2) is 0 Å². The molecule has 0 bridgehead atoms. The van der Waals surface area contributed by atoms with Gasteiger partial charge in [0, 0.05) is 6.54 Å². The van der Waals surface area contributed by atoms with Crippen molar-refractivity contribution >= 4 is 5.78 Å². The molecular weight excluding hydrogens is 366 g/mol. The Bertz CT molecular complexity index is 600. The third-order valence-corrected chi connectivity index (χ3v) is 4.09. The van der Waals surface area contributed by atoms with Gasteiger partial charge in [0.15, 0.2) is 5.78 Å². The molecule has 162 valence electrons. The third-order valence-electron chi connectivity index (χ3n) is 4.09. The lowest BCUT2D eigenvalue weighted by atomic mass is 10.1. The molecule has 5 heteroatoms. The van der Waals surface area contributed by atoms with Crippen molar-refractivity contribution < 1.29 is 20.1 Å². The maximum atomic E-state index is 11.3. The Morgan fingerprint density at radius 2 is 1.52 bits per heavy atom. The van der Waals surface area contributed by atoms with Crippen LogP contribution in [0.5, 0.6) is 0 Å². The van der Waals surface area contributed by atoms with E-state index in [1.54, 1.807) is 42.5 Å². The van der Waals surface area contributed by atoms with Crippen LogP contribution in [0.4, 0.5) is 0 Å². The van der Waals surface area contributed by atoms with Crippen LogP contribution < -0.4 is 5.73 Å². The van der Waals surface area contributed by atoms with Gasteiger partial charge in [0.25, 0.3) is 0 Å². The van der Waals surface area contributed by atoms with E-state index in [4.69, 9.17) is 5.73 Å². The van der Waals surface area contributed by atoms with Crippen molar-refractivity contribution in [3.05, 3.63) is 72.6 Å². The largest absolute Gasteiger partial charge is 0.508 e. The maximum Gasteiger partial charge on any atom is 0.185 e. The van der Waals surface area contributed by atoms with Crippen molar-refractivity contribution in [2.24, 2.45) is 5.73 Å². The molecule has 0 fully saturated rings. The first-order chi connectivity index (χ1) is 14.0. The summed E-state index contributed by atoms with van der Waals surface area (Å²) < 4.78 is 0. The molecule has 0 aromatic heterocycles. The zero-order valence-corrected chi connectivity index (χ0v) is 17.5. The first-order valence-corrected chi connectivity index (χ1v) is 10.3. The molecule has 0 aromatic carbocycles. The fourth-order valence-electron chi connectivity index (χ4n) is 2.35. The van der Waals surface area contributed by atoms with Crippen molar-refractivity contribution in [2.75, 3.05) is 6.54 Å². The highest BCUT2D eigenvalue weighted by molar-refractivity contribution is 5.93. The van der Waals surface area contributed by atoms with Gasteiger partial charge in [-0.3, -0.25) is 4.79 Å². The molecule has 0 aliphatic carbocycles. The molecule has 2 atom stereocenters. The average molecular weight is 404 g/mol. The number of nitrogens with two attached hydrogens (primary N) is 1. The number of aliphatic hydroxyl groups is 3. The summed E-state index contributed by atoms with van der Waals surface area (Å²) in [5.74, 6) is -0.275. The highest BCUT2D eigenvalue weighted by atomic mass is 16.3. The Hall–Kier alpha value is -2.21. The molecule has 2 unspecified atom stereocenters. The second-order valence-corrected chi connectivity index (χ2v) is 6.74. The third kappa shape index (κ3) is 17.6. The fourth-order valence-corrected chi connectivity index (χ4v) is 2.35. The topological polar surface area (TPSA) is 104 Å². The standard InChI is InChI=1S/C24H37NO4/c1-2-3-10-15-21(26)17-12-8-9-13-18-22(27)16-11-6-4-5-7-14-19-23(28)24(29)20-25/h4-7,9,11,13-14,16,18-19,21,24,26-27,29H,2-3,8,10,12,15,17,20,25H2,1H3. The zero-order valence-electron chi connectivity index (χ0n) is 17.5. The number of hydrogen-bond acceptors (Lipinski definition) is 5. The van der Waals surface area contributed by atoms with Gasteiger partial charge < -0.3 is 21.1 Å². The van der Waals surface area contributed by atoms with Crippen molar-refractivity contribution in [3.8, 4) is 0 Å². The number of unbranched alkanes of at least 4 members (excludes halogenated alkanes) is 3. The summed E-state index contributed by atoms with van der Waals surface area (Å²) in [6, 6.07) is 0. The lowest BCUT2D eigenvalue weighted by Gasteiger charge is -2.08. The van der Waals surface area contributed by atoms with Crippen LogP contribution in [0, 0.1) is 0 Å². The van der Waals surface area contributed by atoms with Gasteiger partial charge in [-0.2, -0.15) is 0 Å². The van der Waals surface area contributed by atoms with E-state index in [1.165, 1.54) is 25.0 Å². The molecule has 0 aliphatic heterocycles. The minimum absolute atomic E-state index is 0.0912. The Morgan fingerprint density at radius 3 is 2.17 bits per heavy atom. The molecule has 0 amide bonds. The van der Waals surface area contributed by atoms with Crippen LogP contribution in [-0.4, -0.2) is 39.9 Å². The van der Waals surface area contributed by atoms with Crippen LogP contribution in [0.2, 0.25) is 0 Å². The Kier molecular flexibility index (Phi) is 17.7. The van der Waals surface area contributed by atoms with E-state index in [0.717, 1.165) is 32.1 Å². The summed E-state index contributed by atoms with van der Waals surface area (Å²) in [6.07, 6.45) is 24.0. The van der Waals surface area contributed by atoms with Crippen LogP contribution in [0.1, 0.15) is 51.9 Å². The Labute approximate surface area is 175 Å². The average Bonchev–Trinajstić information content (AvgIpc) is 2.71. The number of allylic oxidation sites excluding steroid dienone is 10. The van der Waals surface area contributed by atoms with Crippen LogP contribution in [0.15, 0.2) is 72.6 Å². The van der Waals surface area contributed by atoms with Crippen LogP contribution in [-0.2, 0) is 4.79 Å². The van der Waals surface area contributed by atoms with Gasteiger partial charge in [-0.15, -0.1) is 0 Å². The van der Waals surface area contributed by atoms with Crippen molar-refractivity contribution in [3.63, 3.8) is 0 Å². The summed E-state index contributed by atoms with van der Waals surface area (Å²) in [5, 5.41) is 28.8. The van der Waals surface area contributed by atoms with Gasteiger partial charge in [0.05, 0.1) is 6.10 Å². The Morgan fingerprint density at radius 1 is 0.897 bits per heavy atom. The lowest BCUT2D eigenvalue weighted by molar-refractivity contribution is -0.121. The summed E-state index contributed by atoms with van der Waals surface area (Å²) in [6.45, 7) is 2.07. The van der Waals surface area contributed by atoms with Gasteiger partial charge in [-0.1, -0.05) is 74.8 Å². The van der Waals surface area contributed by atoms with E-state index in [2.05, 4.69) is 6.92 Å². The molecule has 0 aliphatic rings. The molecule has 0 saturated carbocycles. The van der Waals surface area contributed by atoms with Gasteiger partial charge >= 0.3 is 0 Å². The van der Waals surface area contributed by atoms with E-state index in [1.807, 2.05) is 12.2 Å². The molecular formula is C24H37NO4. The molecule has 0 rings (SSSR count). The first-order valence-electron chi connectivity index (χ1n) is 10.3. The second kappa shape index (κ2) is 19.1. The number of carbonyl (C=O) groups is 1. The predicted octanol–water partition coefficient (Wildman–Crippen LogP) is 4.21. The SMILES string of the molecule is CCCCCC(O)CCCC=CC=C(O)C=CC=CC=CC=CC(=O)C(O)CN. The monoisotopic (exact) mass is 403 g/mol. The summed E-state index contributed by atoms with van der Waals surface area (Å²) in [7, 11) is 0. The van der Waals surface area contributed by atoms with Gasteiger partial charge in [0.2, 0.25) is 0 Å². The normalized spacial score (nSPS) is 15.5. The number of ketones is 1. The predicted molar refractivity (Wildman–Crippen MR) is 120 cm³/mol. The minimum Gasteiger partial charge on any atom is -0.508 e. The molecule has 0 spiro atoms. The number of carbonyl (C=O) groups excluding carboxylic acids is 1. The Balaban J connectivity index is 4.01. The second-order valence-electron chi connectivity index (χ2n) is 6.74. The van der Waals surface area contributed by atoms with E-state index < -0.39 is 11.9 Å². The lowest BCUT2D eigenvalue weighted by Crippen LogP contribution is -2.27. The summed E-state index contributed by atoms with van der Waals surface area (Å²) in [5.41, 5.74) is 5.18. The number of rotatable bonds is 16. The molecule has 5 nitrogen and oxygen atoms in total. The van der Waals surface area contributed by atoms with Crippen molar-refractivity contribution in [1.29, 1.82) is 0 Å². The van der Waals surface area contributed by atoms with Gasteiger partial charge in [0.1, 0.15) is 11.9 Å². The maximum absolute atomic E-state index is 11.3. The van der Waals surface area contributed by atoms with E-state index in [9.17, 15) is 20.1 Å². The first kappa shape index (κ1) is 26.8. The fraction of sp³-hybridized carbons (Fsp3) is 0.458. The molecule has 0 radical (unpaired) electrons. The molecule has 29 heavy (non-hydrogen) atoms. The molecule has 5 N–H and O–H groups in total. The van der Waals surface area contributed by atoms with Crippen LogP contribution >= 0.6 is 0 Å². The van der Waals surface area contributed by atoms with E-state index in [-0.39, 0.29) is 18.4 Å². The van der Waals surface area contributed by atoms with Crippen molar-refractivity contribution in [1.82, 2.24) is 0 Å². The summed E-state index contributed by atoms with van der Waals surface area (Å²) >= 11 is 0. The van der Waals surface area contributed by atoms with E-state index in [0.29, 0.717) is 0 Å². The van der Waals surface area contributed by atoms with Gasteiger partial charge in [-0.05, 0) is 43.9 Å². The number of hydrogen-bond donors (Lipinski definition) is 4. The zero-order chi connectivity index (χ0) is 21.7. The number of aliphatic hydroxyl groups excluding tert-OH is 3. The van der Waals surface area contributed by atoms with Crippen LogP contribution in [0.3, 0.4) is 0 Å². The quantitative estimate of drug-likeness (QED) is 0.134. The smallest absolute Gasteiger partial charge is 0.185 e.